The highest BCUT2D eigenvalue weighted by molar-refractivity contribution is 7.21. The van der Waals surface area contributed by atoms with Crippen LogP contribution in [0.15, 0.2) is 48.7 Å². The molecule has 0 saturated heterocycles. The van der Waals surface area contributed by atoms with Crippen molar-refractivity contribution in [3.05, 3.63) is 75.8 Å². The average Bonchev–Trinajstić information content (AvgIpc) is 3.38. The third-order valence-electron chi connectivity index (χ3n) is 7.86. The number of carbonyl (C=O) groups is 2. The molecular formula is C34H36ClF2N3O4S. The van der Waals surface area contributed by atoms with E-state index in [1.54, 1.807) is 52.1 Å². The van der Waals surface area contributed by atoms with Gasteiger partial charge in [-0.3, -0.25) is 9.69 Å². The minimum atomic E-state index is -0.667. The minimum absolute atomic E-state index is 0.0244. The van der Waals surface area contributed by atoms with Gasteiger partial charge in [0.25, 0.3) is 5.91 Å². The number of hydrogen-bond acceptors (Lipinski definition) is 6. The van der Waals surface area contributed by atoms with Crippen molar-refractivity contribution >= 4 is 50.8 Å². The Morgan fingerprint density at radius 1 is 1.02 bits per heavy atom. The number of thiophene rings is 1. The SMILES string of the molecule is COc1ccc(-c2ccnc(N(C)C(=O)OC(C)(C)C)c2)cc1CN(C(=O)c1sc2c(F)ccc(F)c2c1Cl)C1CCCCC1. The number of carbonyl (C=O) groups excluding carboxylic acids is 2. The Bertz CT molecular complexity index is 1730. The molecule has 1 aliphatic carbocycles. The van der Waals surface area contributed by atoms with Crippen LogP contribution in [0.3, 0.4) is 0 Å². The van der Waals surface area contributed by atoms with Gasteiger partial charge in [0.1, 0.15) is 33.7 Å². The van der Waals surface area contributed by atoms with Crippen LogP contribution >= 0.6 is 22.9 Å². The summed E-state index contributed by atoms with van der Waals surface area (Å²) in [5.74, 6) is -0.655. The third kappa shape index (κ3) is 7.07. The van der Waals surface area contributed by atoms with E-state index in [0.717, 1.165) is 72.3 Å². The molecule has 2 heterocycles. The lowest BCUT2D eigenvalue weighted by molar-refractivity contribution is 0.0586. The Morgan fingerprint density at radius 2 is 1.71 bits per heavy atom. The molecule has 2 aromatic heterocycles. The van der Waals surface area contributed by atoms with Crippen molar-refractivity contribution in [1.29, 1.82) is 0 Å². The van der Waals surface area contributed by atoms with Crippen molar-refractivity contribution in [2.45, 2.75) is 71.1 Å². The first-order valence-corrected chi connectivity index (χ1v) is 16.0. The lowest BCUT2D eigenvalue weighted by Gasteiger charge is -2.34. The predicted octanol–water partition coefficient (Wildman–Crippen LogP) is 9.25. The molecule has 11 heteroatoms. The van der Waals surface area contributed by atoms with Crippen LogP contribution in [0.4, 0.5) is 19.4 Å². The topological polar surface area (TPSA) is 72.0 Å². The first-order valence-electron chi connectivity index (χ1n) is 14.8. The molecule has 0 unspecified atom stereocenters. The largest absolute Gasteiger partial charge is 0.496 e. The van der Waals surface area contributed by atoms with Crippen LogP contribution in [0.5, 0.6) is 5.75 Å². The van der Waals surface area contributed by atoms with Gasteiger partial charge in [0.15, 0.2) is 0 Å². The molecule has 2 aromatic carbocycles. The first kappa shape index (κ1) is 32.6. The number of methoxy groups -OCH3 is 1. The van der Waals surface area contributed by atoms with E-state index in [2.05, 4.69) is 4.98 Å². The molecule has 0 atom stereocenters. The zero-order chi connectivity index (χ0) is 32.5. The summed E-state index contributed by atoms with van der Waals surface area (Å²) in [5, 5.41) is -0.144. The normalized spacial score (nSPS) is 14.0. The zero-order valence-electron chi connectivity index (χ0n) is 26.0. The second-order valence-electron chi connectivity index (χ2n) is 12.2. The Balaban J connectivity index is 1.51. The molecule has 4 aromatic rings. The lowest BCUT2D eigenvalue weighted by Crippen LogP contribution is -2.40. The number of hydrogen-bond donors (Lipinski definition) is 0. The summed E-state index contributed by atoms with van der Waals surface area (Å²) in [6.45, 7) is 5.60. The number of rotatable bonds is 7. The van der Waals surface area contributed by atoms with Crippen molar-refractivity contribution in [2.24, 2.45) is 0 Å². The molecule has 1 aliphatic rings. The van der Waals surface area contributed by atoms with E-state index in [4.69, 9.17) is 21.1 Å². The van der Waals surface area contributed by atoms with Crippen molar-refractivity contribution in [3.63, 3.8) is 0 Å². The molecule has 2 amide bonds. The lowest BCUT2D eigenvalue weighted by atomic mass is 9.93. The predicted molar refractivity (Wildman–Crippen MR) is 174 cm³/mol. The zero-order valence-corrected chi connectivity index (χ0v) is 27.5. The summed E-state index contributed by atoms with van der Waals surface area (Å²) in [7, 11) is 3.17. The summed E-state index contributed by atoms with van der Waals surface area (Å²) in [5.41, 5.74) is 1.72. The number of amides is 2. The van der Waals surface area contributed by atoms with Crippen LogP contribution in [-0.4, -0.2) is 47.7 Å². The van der Waals surface area contributed by atoms with Crippen LogP contribution in [0.1, 0.15) is 68.1 Å². The molecule has 1 saturated carbocycles. The number of ether oxygens (including phenoxy) is 2. The van der Waals surface area contributed by atoms with Gasteiger partial charge in [0.2, 0.25) is 0 Å². The van der Waals surface area contributed by atoms with E-state index >= 15 is 0 Å². The van der Waals surface area contributed by atoms with Crippen molar-refractivity contribution < 1.29 is 27.8 Å². The highest BCUT2D eigenvalue weighted by Crippen LogP contribution is 2.40. The second kappa shape index (κ2) is 13.3. The summed E-state index contributed by atoms with van der Waals surface area (Å²) in [4.78, 5) is 34.5. The average molecular weight is 656 g/mol. The summed E-state index contributed by atoms with van der Waals surface area (Å²) in [6.07, 6.45) is 5.74. The van der Waals surface area contributed by atoms with Gasteiger partial charge in [-0.05, 0) is 81.1 Å². The van der Waals surface area contributed by atoms with E-state index in [9.17, 15) is 18.4 Å². The highest BCUT2D eigenvalue weighted by Gasteiger charge is 2.31. The molecule has 0 N–H and O–H groups in total. The van der Waals surface area contributed by atoms with Gasteiger partial charge in [-0.1, -0.05) is 36.9 Å². The number of halogens is 3. The fraction of sp³-hybridized carbons (Fsp3) is 0.382. The molecule has 0 radical (unpaired) electrons. The molecule has 45 heavy (non-hydrogen) atoms. The summed E-state index contributed by atoms with van der Waals surface area (Å²) >= 11 is 7.44. The molecule has 0 aliphatic heterocycles. The van der Waals surface area contributed by atoms with Crippen LogP contribution < -0.4 is 9.64 Å². The maximum atomic E-state index is 14.7. The van der Waals surface area contributed by atoms with Crippen LogP contribution in [0, 0.1) is 11.6 Å². The van der Waals surface area contributed by atoms with Crippen molar-refractivity contribution in [2.75, 3.05) is 19.1 Å². The van der Waals surface area contributed by atoms with Crippen molar-refractivity contribution in [1.82, 2.24) is 9.88 Å². The monoisotopic (exact) mass is 655 g/mol. The number of nitrogens with zero attached hydrogens (tertiary/aromatic N) is 3. The molecule has 5 rings (SSSR count). The fourth-order valence-corrected chi connectivity index (χ4v) is 7.10. The van der Waals surface area contributed by atoms with Gasteiger partial charge in [0.05, 0.1) is 22.2 Å². The van der Waals surface area contributed by atoms with Gasteiger partial charge in [0, 0.05) is 31.4 Å². The standard InChI is InChI=1S/C34H36ClF2N3O4S/c1-34(2,3)44-33(42)39(4)27-18-21(15-16-38-27)20-11-14-26(43-5)22(17-20)19-40(23-9-7-6-8-10-23)32(41)31-29(35)28-24(36)12-13-25(37)30(28)45-31/h11-18,23H,6-10,19H2,1-5H3. The highest BCUT2D eigenvalue weighted by atomic mass is 35.5. The Hall–Kier alpha value is -3.76. The molecule has 0 spiro atoms. The number of anilines is 1. The second-order valence-corrected chi connectivity index (χ2v) is 13.6. The molecule has 7 nitrogen and oxygen atoms in total. The van der Waals surface area contributed by atoms with Gasteiger partial charge in [-0.15, -0.1) is 11.3 Å². The maximum Gasteiger partial charge on any atom is 0.415 e. The van der Waals surface area contributed by atoms with Crippen molar-refractivity contribution in [3.8, 4) is 16.9 Å². The Morgan fingerprint density at radius 3 is 2.38 bits per heavy atom. The van der Waals surface area contributed by atoms with Crippen LogP contribution in [-0.2, 0) is 11.3 Å². The fourth-order valence-electron chi connectivity index (χ4n) is 5.60. The van der Waals surface area contributed by atoms with E-state index in [-0.39, 0.29) is 38.5 Å². The smallest absolute Gasteiger partial charge is 0.415 e. The van der Waals surface area contributed by atoms with Crippen LogP contribution in [0.2, 0.25) is 5.02 Å². The van der Waals surface area contributed by atoms with Gasteiger partial charge < -0.3 is 14.4 Å². The Kier molecular flexibility index (Phi) is 9.65. The molecule has 238 valence electrons. The summed E-state index contributed by atoms with van der Waals surface area (Å²) < 4.78 is 40.5. The van der Waals surface area contributed by atoms with Gasteiger partial charge in [-0.2, -0.15) is 0 Å². The quantitative estimate of drug-likeness (QED) is 0.198. The molecule has 1 fully saturated rings. The van der Waals surface area contributed by atoms with E-state index in [1.807, 2.05) is 24.3 Å². The number of fused-ring (bicyclic) bond motifs is 1. The maximum absolute atomic E-state index is 14.7. The van der Waals surface area contributed by atoms with Gasteiger partial charge in [-0.25, -0.2) is 18.6 Å². The third-order valence-corrected chi connectivity index (χ3v) is 9.54. The van der Waals surface area contributed by atoms with Gasteiger partial charge >= 0.3 is 6.09 Å². The van der Waals surface area contributed by atoms with E-state index < -0.39 is 23.3 Å². The Labute approximate surface area is 270 Å². The number of aromatic nitrogens is 1. The molecule has 0 bridgehead atoms. The first-order chi connectivity index (χ1) is 21.4. The van der Waals surface area contributed by atoms with E-state index in [1.165, 1.54) is 4.90 Å². The van der Waals surface area contributed by atoms with Crippen LogP contribution in [0.25, 0.3) is 21.2 Å². The minimum Gasteiger partial charge on any atom is -0.496 e. The number of pyridine rings is 1. The number of benzene rings is 2. The summed E-state index contributed by atoms with van der Waals surface area (Å²) in [6, 6.07) is 11.3. The van der Waals surface area contributed by atoms with E-state index in [0.29, 0.717) is 11.6 Å². The molecular weight excluding hydrogens is 620 g/mol.